The molecule has 0 spiro atoms. The van der Waals surface area contributed by atoms with Crippen LogP contribution in [0, 0.1) is 13.8 Å². The van der Waals surface area contributed by atoms with Crippen molar-refractivity contribution in [3.05, 3.63) is 58.7 Å². The van der Waals surface area contributed by atoms with Crippen LogP contribution in [0.25, 0.3) is 0 Å². The number of hydrogen-bond donors (Lipinski definition) is 2. The third-order valence-corrected chi connectivity index (χ3v) is 3.32. The minimum Gasteiger partial charge on any atom is -0.508 e. The average Bonchev–Trinajstić information content (AvgIpc) is 2.30. The summed E-state index contributed by atoms with van der Waals surface area (Å²) in [5.74, 6) is 0.633. The molecule has 0 fully saturated rings. The van der Waals surface area contributed by atoms with Crippen molar-refractivity contribution in [3.63, 3.8) is 0 Å². The molecule has 94 valence electrons. The lowest BCUT2D eigenvalue weighted by atomic mass is 9.98. The number of hydrogen-bond acceptors (Lipinski definition) is 2. The maximum Gasteiger partial charge on any atom is 0.115 e. The quantitative estimate of drug-likeness (QED) is 0.864. The first-order valence-corrected chi connectivity index (χ1v) is 6.13. The standard InChI is InChI=1S/C16H18O2/c1-11-9-15(17)7-5-13(11)3-4-14-6-8-16(18)10-12(14)2/h5-10,17-18H,3-4H2,1-2H3. The van der Waals surface area contributed by atoms with Gasteiger partial charge in [-0.3, -0.25) is 0 Å². The Bertz CT molecular complexity index is 508. The molecule has 0 amide bonds. The van der Waals surface area contributed by atoms with Crippen LogP contribution in [0.15, 0.2) is 36.4 Å². The van der Waals surface area contributed by atoms with Crippen LogP contribution < -0.4 is 0 Å². The molecule has 2 aromatic rings. The van der Waals surface area contributed by atoms with Crippen LogP contribution in [0.1, 0.15) is 22.3 Å². The SMILES string of the molecule is Cc1cc(O)ccc1CCc1ccc(O)cc1C. The molecule has 18 heavy (non-hydrogen) atoms. The van der Waals surface area contributed by atoms with Gasteiger partial charge in [0.25, 0.3) is 0 Å². The second kappa shape index (κ2) is 5.13. The zero-order valence-corrected chi connectivity index (χ0v) is 10.8. The van der Waals surface area contributed by atoms with Crippen LogP contribution in [-0.4, -0.2) is 10.2 Å². The normalized spacial score (nSPS) is 10.6. The van der Waals surface area contributed by atoms with Crippen LogP contribution in [0.5, 0.6) is 11.5 Å². The van der Waals surface area contributed by atoms with Gasteiger partial charge in [-0.25, -0.2) is 0 Å². The minimum atomic E-state index is 0.317. The Balaban J connectivity index is 2.11. The van der Waals surface area contributed by atoms with Crippen molar-refractivity contribution < 1.29 is 10.2 Å². The van der Waals surface area contributed by atoms with E-state index in [1.165, 1.54) is 11.1 Å². The van der Waals surface area contributed by atoms with E-state index in [9.17, 15) is 10.2 Å². The summed E-state index contributed by atoms with van der Waals surface area (Å²) in [5, 5.41) is 18.7. The van der Waals surface area contributed by atoms with Crippen molar-refractivity contribution in [2.45, 2.75) is 26.7 Å². The summed E-state index contributed by atoms with van der Waals surface area (Å²) >= 11 is 0. The second-order valence-electron chi connectivity index (χ2n) is 4.72. The highest BCUT2D eigenvalue weighted by atomic mass is 16.3. The lowest BCUT2D eigenvalue weighted by Gasteiger charge is -2.09. The minimum absolute atomic E-state index is 0.317. The Hall–Kier alpha value is -1.96. The van der Waals surface area contributed by atoms with Crippen molar-refractivity contribution >= 4 is 0 Å². The van der Waals surface area contributed by atoms with E-state index < -0.39 is 0 Å². The third kappa shape index (κ3) is 2.83. The van der Waals surface area contributed by atoms with Crippen LogP contribution in [0.4, 0.5) is 0 Å². The molecule has 0 radical (unpaired) electrons. The highest BCUT2D eigenvalue weighted by molar-refractivity contribution is 5.37. The van der Waals surface area contributed by atoms with Crippen molar-refractivity contribution in [1.82, 2.24) is 0 Å². The number of rotatable bonds is 3. The average molecular weight is 242 g/mol. The highest BCUT2D eigenvalue weighted by Crippen LogP contribution is 2.20. The van der Waals surface area contributed by atoms with Gasteiger partial charge in [-0.1, -0.05) is 12.1 Å². The fourth-order valence-electron chi connectivity index (χ4n) is 2.19. The molecule has 0 heterocycles. The zero-order valence-electron chi connectivity index (χ0n) is 10.8. The van der Waals surface area contributed by atoms with Gasteiger partial charge in [0.05, 0.1) is 0 Å². The predicted octanol–water partition coefficient (Wildman–Crippen LogP) is 3.50. The van der Waals surface area contributed by atoms with Gasteiger partial charge in [0.1, 0.15) is 11.5 Å². The Kier molecular flexibility index (Phi) is 3.56. The topological polar surface area (TPSA) is 40.5 Å². The number of aromatic hydroxyl groups is 2. The van der Waals surface area contributed by atoms with Gasteiger partial charge in [0, 0.05) is 0 Å². The van der Waals surface area contributed by atoms with Gasteiger partial charge >= 0.3 is 0 Å². The summed E-state index contributed by atoms with van der Waals surface area (Å²) in [6, 6.07) is 11.0. The monoisotopic (exact) mass is 242 g/mol. The van der Waals surface area contributed by atoms with E-state index >= 15 is 0 Å². The third-order valence-electron chi connectivity index (χ3n) is 3.32. The van der Waals surface area contributed by atoms with Crippen LogP contribution in [-0.2, 0) is 12.8 Å². The molecule has 0 unspecified atom stereocenters. The van der Waals surface area contributed by atoms with Gasteiger partial charge < -0.3 is 10.2 Å². The predicted molar refractivity (Wildman–Crippen MR) is 73.1 cm³/mol. The van der Waals surface area contributed by atoms with E-state index in [1.54, 1.807) is 24.3 Å². The molecule has 0 bridgehead atoms. The van der Waals surface area contributed by atoms with Gasteiger partial charge in [0.15, 0.2) is 0 Å². The summed E-state index contributed by atoms with van der Waals surface area (Å²) in [5.41, 5.74) is 4.73. The first-order chi connectivity index (χ1) is 8.56. The molecule has 0 aliphatic heterocycles. The Labute approximate surface area is 108 Å². The van der Waals surface area contributed by atoms with Crippen LogP contribution in [0.2, 0.25) is 0 Å². The van der Waals surface area contributed by atoms with E-state index in [-0.39, 0.29) is 0 Å². The van der Waals surface area contributed by atoms with E-state index in [1.807, 2.05) is 26.0 Å². The van der Waals surface area contributed by atoms with Gasteiger partial charge in [-0.15, -0.1) is 0 Å². The Morgan fingerprint density at radius 1 is 0.722 bits per heavy atom. The first-order valence-electron chi connectivity index (χ1n) is 6.13. The molecule has 2 aromatic carbocycles. The zero-order chi connectivity index (χ0) is 13.1. The Morgan fingerprint density at radius 2 is 1.11 bits per heavy atom. The maximum absolute atomic E-state index is 9.37. The molecule has 0 atom stereocenters. The summed E-state index contributed by atoms with van der Waals surface area (Å²) < 4.78 is 0. The van der Waals surface area contributed by atoms with E-state index in [2.05, 4.69) is 0 Å². The summed E-state index contributed by atoms with van der Waals surface area (Å²) in [6.07, 6.45) is 1.88. The van der Waals surface area contributed by atoms with Gasteiger partial charge in [-0.05, 0) is 73.2 Å². The molecule has 0 aromatic heterocycles. The summed E-state index contributed by atoms with van der Waals surface area (Å²) in [4.78, 5) is 0. The van der Waals surface area contributed by atoms with Crippen LogP contribution in [0.3, 0.4) is 0 Å². The molecule has 2 nitrogen and oxygen atoms in total. The van der Waals surface area contributed by atoms with Crippen molar-refractivity contribution in [2.75, 3.05) is 0 Å². The highest BCUT2D eigenvalue weighted by Gasteiger charge is 2.03. The smallest absolute Gasteiger partial charge is 0.115 e. The molecule has 0 saturated heterocycles. The summed E-state index contributed by atoms with van der Waals surface area (Å²) in [6.45, 7) is 4.03. The van der Waals surface area contributed by atoms with E-state index in [4.69, 9.17) is 0 Å². The van der Waals surface area contributed by atoms with Gasteiger partial charge in [0.2, 0.25) is 0 Å². The molecule has 0 aliphatic rings. The molecule has 2 heteroatoms. The lowest BCUT2D eigenvalue weighted by molar-refractivity contribution is 0.473. The fourth-order valence-corrected chi connectivity index (χ4v) is 2.19. The number of aryl methyl sites for hydroxylation is 4. The van der Waals surface area contributed by atoms with Gasteiger partial charge in [-0.2, -0.15) is 0 Å². The van der Waals surface area contributed by atoms with E-state index in [0.29, 0.717) is 11.5 Å². The van der Waals surface area contributed by atoms with Crippen molar-refractivity contribution in [1.29, 1.82) is 0 Å². The van der Waals surface area contributed by atoms with E-state index in [0.717, 1.165) is 24.0 Å². The molecular formula is C16H18O2. The number of phenolic OH excluding ortho intramolecular Hbond substituents is 2. The molecule has 0 aliphatic carbocycles. The lowest BCUT2D eigenvalue weighted by Crippen LogP contribution is -1.96. The maximum atomic E-state index is 9.37. The van der Waals surface area contributed by atoms with Crippen molar-refractivity contribution in [2.24, 2.45) is 0 Å². The molecule has 0 saturated carbocycles. The molecule has 2 rings (SSSR count). The largest absolute Gasteiger partial charge is 0.508 e. The fraction of sp³-hybridized carbons (Fsp3) is 0.250. The summed E-state index contributed by atoms with van der Waals surface area (Å²) in [7, 11) is 0. The van der Waals surface area contributed by atoms with Crippen LogP contribution >= 0.6 is 0 Å². The van der Waals surface area contributed by atoms with Crippen molar-refractivity contribution in [3.8, 4) is 11.5 Å². The molecule has 2 N–H and O–H groups in total. The Morgan fingerprint density at radius 3 is 1.44 bits per heavy atom. The number of benzene rings is 2. The number of phenols is 2. The first kappa shape index (κ1) is 12.5. The molecular weight excluding hydrogens is 224 g/mol. The second-order valence-corrected chi connectivity index (χ2v) is 4.72.